The van der Waals surface area contributed by atoms with E-state index in [0.29, 0.717) is 0 Å². The standard InChI is InChI=1S/C18H26N4.2ClH/c1-3-7-17(19-13-5-1)21-15-9-11-16(12-10-15)22-18-8-4-2-6-14-20-18;;/h9-12H,1-8,13-14H2,(H,19,21)(H,20,22);2*1H. The van der Waals surface area contributed by atoms with Gasteiger partial charge >= 0.3 is 0 Å². The number of nitrogens with one attached hydrogen (secondary N) is 2. The summed E-state index contributed by atoms with van der Waals surface area (Å²) < 4.78 is 0. The summed E-state index contributed by atoms with van der Waals surface area (Å²) >= 11 is 0. The van der Waals surface area contributed by atoms with Crippen LogP contribution < -0.4 is 10.6 Å². The van der Waals surface area contributed by atoms with E-state index in [1.165, 1.54) is 38.5 Å². The zero-order valence-corrected chi connectivity index (χ0v) is 15.7. The summed E-state index contributed by atoms with van der Waals surface area (Å²) in [4.78, 5) is 9.23. The average Bonchev–Trinajstić information content (AvgIpc) is 2.94. The van der Waals surface area contributed by atoms with E-state index in [0.717, 1.165) is 49.0 Å². The number of benzene rings is 1. The summed E-state index contributed by atoms with van der Waals surface area (Å²) in [7, 11) is 0. The molecule has 1 aromatic rings. The number of hydrogen-bond acceptors (Lipinski definition) is 4. The Bertz CT molecular complexity index is 491. The Hall–Kier alpha value is -1.26. The van der Waals surface area contributed by atoms with Gasteiger partial charge in [0.05, 0.1) is 0 Å². The van der Waals surface area contributed by atoms with Gasteiger partial charge in [0.2, 0.25) is 0 Å². The third-order valence-electron chi connectivity index (χ3n) is 4.21. The van der Waals surface area contributed by atoms with E-state index in [4.69, 9.17) is 0 Å². The zero-order chi connectivity index (χ0) is 15.0. The maximum atomic E-state index is 4.62. The van der Waals surface area contributed by atoms with Crippen molar-refractivity contribution in [1.29, 1.82) is 0 Å². The number of nitrogens with zero attached hydrogens (tertiary/aromatic N) is 2. The summed E-state index contributed by atoms with van der Waals surface area (Å²) in [6, 6.07) is 8.47. The third kappa shape index (κ3) is 6.70. The molecule has 2 heterocycles. The predicted molar refractivity (Wildman–Crippen MR) is 110 cm³/mol. The highest BCUT2D eigenvalue weighted by Gasteiger charge is 2.06. The molecule has 0 aromatic heterocycles. The molecule has 0 amide bonds. The first kappa shape index (κ1) is 20.8. The van der Waals surface area contributed by atoms with Gasteiger partial charge in [0.25, 0.3) is 0 Å². The van der Waals surface area contributed by atoms with Crippen molar-refractivity contribution in [3.63, 3.8) is 0 Å². The largest absolute Gasteiger partial charge is 0.344 e. The molecule has 2 aliphatic heterocycles. The van der Waals surface area contributed by atoms with Crippen LogP contribution in [0.5, 0.6) is 0 Å². The number of aliphatic imine (C=N–C) groups is 2. The van der Waals surface area contributed by atoms with Gasteiger partial charge in [-0.05, 0) is 49.9 Å². The van der Waals surface area contributed by atoms with E-state index in [2.05, 4.69) is 44.9 Å². The summed E-state index contributed by atoms with van der Waals surface area (Å²) in [5.41, 5.74) is 2.24. The second-order valence-electron chi connectivity index (χ2n) is 6.11. The lowest BCUT2D eigenvalue weighted by Crippen LogP contribution is -2.13. The van der Waals surface area contributed by atoms with Crippen LogP contribution in [0.4, 0.5) is 11.4 Å². The van der Waals surface area contributed by atoms with Gasteiger partial charge in [-0.2, -0.15) is 0 Å². The van der Waals surface area contributed by atoms with E-state index >= 15 is 0 Å². The molecular formula is C18H28Cl2N4. The highest BCUT2D eigenvalue weighted by atomic mass is 35.5. The fourth-order valence-electron chi connectivity index (χ4n) is 2.92. The Morgan fingerprint density at radius 1 is 0.583 bits per heavy atom. The Labute approximate surface area is 157 Å². The van der Waals surface area contributed by atoms with Gasteiger partial charge in [-0.15, -0.1) is 24.8 Å². The molecule has 4 nitrogen and oxygen atoms in total. The summed E-state index contributed by atoms with van der Waals surface area (Å²) in [5.74, 6) is 2.26. The maximum absolute atomic E-state index is 4.62. The van der Waals surface area contributed by atoms with Crippen LogP contribution in [-0.4, -0.2) is 24.8 Å². The Morgan fingerprint density at radius 2 is 1.00 bits per heavy atom. The Kier molecular flexibility index (Phi) is 9.80. The van der Waals surface area contributed by atoms with Gasteiger partial charge in [-0.25, -0.2) is 0 Å². The lowest BCUT2D eigenvalue weighted by atomic mass is 10.2. The van der Waals surface area contributed by atoms with E-state index in [-0.39, 0.29) is 24.8 Å². The van der Waals surface area contributed by atoms with Crippen molar-refractivity contribution in [1.82, 2.24) is 0 Å². The molecule has 1 aromatic carbocycles. The van der Waals surface area contributed by atoms with Gasteiger partial charge in [-0.3, -0.25) is 9.98 Å². The number of halogens is 2. The van der Waals surface area contributed by atoms with Crippen LogP contribution in [0, 0.1) is 0 Å². The topological polar surface area (TPSA) is 48.8 Å². The third-order valence-corrected chi connectivity index (χ3v) is 4.21. The molecule has 0 aliphatic carbocycles. The molecule has 0 atom stereocenters. The van der Waals surface area contributed by atoms with Gasteiger partial charge < -0.3 is 10.6 Å². The summed E-state index contributed by atoms with van der Waals surface area (Å²) in [6.07, 6.45) is 9.63. The van der Waals surface area contributed by atoms with E-state index in [9.17, 15) is 0 Å². The number of hydrogen-bond donors (Lipinski definition) is 2. The molecule has 134 valence electrons. The number of amidine groups is 2. The summed E-state index contributed by atoms with van der Waals surface area (Å²) in [6.45, 7) is 1.92. The predicted octanol–water partition coefficient (Wildman–Crippen LogP) is 5.30. The monoisotopic (exact) mass is 370 g/mol. The van der Waals surface area contributed by atoms with Crippen LogP contribution in [0.3, 0.4) is 0 Å². The molecule has 6 heteroatoms. The molecule has 0 saturated heterocycles. The number of rotatable bonds is 2. The molecule has 2 aliphatic rings. The van der Waals surface area contributed by atoms with Crippen molar-refractivity contribution in [2.75, 3.05) is 23.7 Å². The molecule has 2 N–H and O–H groups in total. The SMILES string of the molecule is Cl.Cl.c1cc(NC2=NCCCCC2)ccc1NC1=NCCCCC1. The van der Waals surface area contributed by atoms with Gasteiger partial charge in [0, 0.05) is 37.3 Å². The summed E-state index contributed by atoms with van der Waals surface area (Å²) in [5, 5.41) is 6.91. The van der Waals surface area contributed by atoms with Crippen LogP contribution >= 0.6 is 24.8 Å². The van der Waals surface area contributed by atoms with Crippen LogP contribution in [0.1, 0.15) is 51.4 Å². The molecule has 0 fully saturated rings. The van der Waals surface area contributed by atoms with Crippen molar-refractivity contribution in [3.05, 3.63) is 24.3 Å². The minimum Gasteiger partial charge on any atom is -0.344 e. The fourth-order valence-corrected chi connectivity index (χ4v) is 2.92. The molecule has 0 bridgehead atoms. The van der Waals surface area contributed by atoms with Crippen LogP contribution in [0.25, 0.3) is 0 Å². The second kappa shape index (κ2) is 11.3. The fraction of sp³-hybridized carbons (Fsp3) is 0.556. The van der Waals surface area contributed by atoms with Crippen molar-refractivity contribution < 1.29 is 0 Å². The second-order valence-corrected chi connectivity index (χ2v) is 6.11. The van der Waals surface area contributed by atoms with Gasteiger partial charge in [0.1, 0.15) is 11.7 Å². The van der Waals surface area contributed by atoms with Crippen LogP contribution in [0.15, 0.2) is 34.3 Å². The van der Waals surface area contributed by atoms with E-state index < -0.39 is 0 Å². The average molecular weight is 371 g/mol. The molecule has 0 saturated carbocycles. The van der Waals surface area contributed by atoms with Crippen molar-refractivity contribution in [2.24, 2.45) is 9.98 Å². The molecule has 24 heavy (non-hydrogen) atoms. The molecule has 0 radical (unpaired) electrons. The quantitative estimate of drug-likeness (QED) is 0.741. The minimum absolute atomic E-state index is 0. The van der Waals surface area contributed by atoms with E-state index in [1.54, 1.807) is 0 Å². The lowest BCUT2D eigenvalue weighted by molar-refractivity contribution is 0.731. The molecule has 0 unspecified atom stereocenters. The van der Waals surface area contributed by atoms with Crippen molar-refractivity contribution in [3.8, 4) is 0 Å². The molecular weight excluding hydrogens is 343 g/mol. The minimum atomic E-state index is 0. The van der Waals surface area contributed by atoms with E-state index in [1.807, 2.05) is 0 Å². The zero-order valence-electron chi connectivity index (χ0n) is 14.1. The highest BCUT2D eigenvalue weighted by Crippen LogP contribution is 2.17. The Morgan fingerprint density at radius 3 is 1.42 bits per heavy atom. The first-order valence-corrected chi connectivity index (χ1v) is 8.61. The Balaban J connectivity index is 0.00000144. The molecule has 3 rings (SSSR count). The maximum Gasteiger partial charge on any atom is 0.101 e. The van der Waals surface area contributed by atoms with Crippen LogP contribution in [-0.2, 0) is 0 Å². The van der Waals surface area contributed by atoms with Crippen molar-refractivity contribution >= 4 is 47.9 Å². The first-order valence-electron chi connectivity index (χ1n) is 8.61. The van der Waals surface area contributed by atoms with Gasteiger partial charge in [0.15, 0.2) is 0 Å². The first-order chi connectivity index (χ1) is 10.9. The van der Waals surface area contributed by atoms with Crippen molar-refractivity contribution in [2.45, 2.75) is 51.4 Å². The van der Waals surface area contributed by atoms with Gasteiger partial charge in [-0.1, -0.05) is 12.8 Å². The lowest BCUT2D eigenvalue weighted by Gasteiger charge is -2.11. The molecule has 0 spiro atoms. The van der Waals surface area contributed by atoms with Crippen LogP contribution in [0.2, 0.25) is 0 Å². The number of anilines is 2. The highest BCUT2D eigenvalue weighted by molar-refractivity contribution is 5.97. The normalized spacial score (nSPS) is 17.8. The smallest absolute Gasteiger partial charge is 0.101 e.